The fourth-order valence-corrected chi connectivity index (χ4v) is 4.28. The van der Waals surface area contributed by atoms with Gasteiger partial charge in [0.2, 0.25) is 0 Å². The highest BCUT2D eigenvalue weighted by molar-refractivity contribution is 6.01. The third-order valence-corrected chi connectivity index (χ3v) is 5.86. The topological polar surface area (TPSA) is 37.8 Å². The summed E-state index contributed by atoms with van der Waals surface area (Å²) in [7, 11) is 0. The lowest BCUT2D eigenvalue weighted by atomic mass is 9.90. The van der Waals surface area contributed by atoms with Gasteiger partial charge in [-0.25, -0.2) is 13.2 Å². The van der Waals surface area contributed by atoms with E-state index in [-0.39, 0.29) is 11.5 Å². The Balaban J connectivity index is 1.81. The van der Waals surface area contributed by atoms with Gasteiger partial charge in [0.05, 0.1) is 11.2 Å². The Morgan fingerprint density at radius 2 is 1.61 bits per heavy atom. The van der Waals surface area contributed by atoms with Gasteiger partial charge in [-0.1, -0.05) is 12.1 Å². The minimum Gasteiger partial charge on any atom is -0.317 e. The summed E-state index contributed by atoms with van der Waals surface area (Å²) in [5.74, 6) is -1.48. The maximum Gasteiger partial charge on any atom is 0.133 e. The van der Waals surface area contributed by atoms with Gasteiger partial charge in [0.25, 0.3) is 0 Å². The molecule has 2 aromatic heterocycles. The fraction of sp³-hybridized carbons (Fsp3) is 0.200. The molecule has 0 amide bonds. The number of hydrogen-bond donors (Lipinski definition) is 1. The van der Waals surface area contributed by atoms with Crippen LogP contribution in [-0.2, 0) is 0 Å². The average Bonchev–Trinajstić information content (AvgIpc) is 2.79. The molecule has 3 nitrogen and oxygen atoms in total. The number of fused-ring (bicyclic) bond motifs is 1. The smallest absolute Gasteiger partial charge is 0.133 e. The van der Waals surface area contributed by atoms with E-state index in [0.717, 1.165) is 37.7 Å². The van der Waals surface area contributed by atoms with Gasteiger partial charge < -0.3 is 5.32 Å². The van der Waals surface area contributed by atoms with Crippen LogP contribution >= 0.6 is 0 Å². The van der Waals surface area contributed by atoms with Crippen LogP contribution in [0.25, 0.3) is 33.3 Å². The lowest BCUT2D eigenvalue weighted by Crippen LogP contribution is -2.27. The van der Waals surface area contributed by atoms with Crippen LogP contribution in [0.4, 0.5) is 13.2 Å². The zero-order chi connectivity index (χ0) is 21.4. The van der Waals surface area contributed by atoms with Crippen molar-refractivity contribution in [2.45, 2.75) is 18.8 Å². The first-order valence-corrected chi connectivity index (χ1v) is 10.3. The molecule has 0 bridgehead atoms. The Bertz CT molecular complexity index is 1270. The summed E-state index contributed by atoms with van der Waals surface area (Å²) in [6, 6.07) is 13.6. The van der Waals surface area contributed by atoms with Gasteiger partial charge in [0.15, 0.2) is 0 Å². The number of halogens is 3. The second-order valence-corrected chi connectivity index (χ2v) is 7.78. The largest absolute Gasteiger partial charge is 0.317 e. The van der Waals surface area contributed by atoms with Crippen LogP contribution in [0.15, 0.2) is 60.8 Å². The second-order valence-electron chi connectivity index (χ2n) is 7.78. The highest BCUT2D eigenvalue weighted by Gasteiger charge is 2.22. The van der Waals surface area contributed by atoms with Gasteiger partial charge in [-0.2, -0.15) is 0 Å². The Morgan fingerprint density at radius 1 is 0.806 bits per heavy atom. The molecule has 4 aromatic rings. The van der Waals surface area contributed by atoms with Crippen molar-refractivity contribution in [1.82, 2.24) is 15.3 Å². The molecule has 0 unspecified atom stereocenters. The third kappa shape index (κ3) is 3.68. The number of piperidine rings is 1. The molecule has 1 aliphatic heterocycles. The Hall–Kier alpha value is -3.25. The van der Waals surface area contributed by atoms with Crippen molar-refractivity contribution in [3.05, 3.63) is 83.9 Å². The van der Waals surface area contributed by atoms with Crippen LogP contribution < -0.4 is 5.32 Å². The van der Waals surface area contributed by atoms with Gasteiger partial charge in [-0.3, -0.25) is 9.97 Å². The maximum atomic E-state index is 14.8. The molecule has 2 aromatic carbocycles. The van der Waals surface area contributed by atoms with E-state index in [9.17, 15) is 13.2 Å². The minimum atomic E-state index is -0.645. The van der Waals surface area contributed by atoms with E-state index in [1.165, 1.54) is 18.2 Å². The molecule has 0 saturated carbocycles. The van der Waals surface area contributed by atoms with Crippen molar-refractivity contribution in [3.63, 3.8) is 0 Å². The van der Waals surface area contributed by atoms with Gasteiger partial charge >= 0.3 is 0 Å². The molecule has 1 fully saturated rings. The zero-order valence-electron chi connectivity index (χ0n) is 16.7. The SMILES string of the molecule is Fc1ccc(-c2cc(C3CCNCC3)nc3c(-c4ccccc4F)nccc23)c(F)c1. The maximum absolute atomic E-state index is 14.8. The molecule has 156 valence electrons. The first-order valence-electron chi connectivity index (χ1n) is 10.3. The molecule has 5 rings (SSSR count). The van der Waals surface area contributed by atoms with E-state index in [1.807, 2.05) is 6.07 Å². The van der Waals surface area contributed by atoms with Gasteiger partial charge in [0.1, 0.15) is 17.5 Å². The fourth-order valence-electron chi connectivity index (χ4n) is 4.28. The van der Waals surface area contributed by atoms with Gasteiger partial charge in [-0.05, 0) is 67.9 Å². The lowest BCUT2D eigenvalue weighted by molar-refractivity contribution is 0.454. The van der Waals surface area contributed by atoms with Crippen LogP contribution in [0.3, 0.4) is 0 Å². The Labute approximate surface area is 178 Å². The molecule has 1 saturated heterocycles. The molecule has 0 spiro atoms. The Kier molecular flexibility index (Phi) is 5.16. The molecule has 1 N–H and O–H groups in total. The number of hydrogen-bond acceptors (Lipinski definition) is 3. The quantitative estimate of drug-likeness (QED) is 0.453. The van der Waals surface area contributed by atoms with Crippen molar-refractivity contribution < 1.29 is 13.2 Å². The van der Waals surface area contributed by atoms with E-state index in [4.69, 9.17) is 4.98 Å². The van der Waals surface area contributed by atoms with E-state index >= 15 is 0 Å². The molecule has 6 heteroatoms. The van der Waals surface area contributed by atoms with Crippen molar-refractivity contribution in [1.29, 1.82) is 0 Å². The standard InChI is InChI=1S/C25H20F3N3/c26-16-5-6-17(22(28)13-16)20-14-23(15-7-10-29-11-8-15)31-25-18(20)9-12-30-24(25)19-3-1-2-4-21(19)27/h1-6,9,12-15,29H,7-8,10-11H2. The first-order chi connectivity index (χ1) is 15.1. The predicted molar refractivity (Wildman–Crippen MR) is 115 cm³/mol. The molecule has 0 aliphatic carbocycles. The van der Waals surface area contributed by atoms with Crippen LogP contribution in [0.2, 0.25) is 0 Å². The summed E-state index contributed by atoms with van der Waals surface area (Å²) in [5.41, 5.74) is 2.98. The summed E-state index contributed by atoms with van der Waals surface area (Å²) in [6.45, 7) is 1.75. The zero-order valence-corrected chi connectivity index (χ0v) is 16.7. The first kappa shape index (κ1) is 19.7. The van der Waals surface area contributed by atoms with E-state index in [0.29, 0.717) is 27.7 Å². The molecule has 0 atom stereocenters. The molecule has 3 heterocycles. The second kappa shape index (κ2) is 8.12. The highest BCUT2D eigenvalue weighted by atomic mass is 19.1. The number of benzene rings is 2. The number of pyridine rings is 2. The monoisotopic (exact) mass is 419 g/mol. The summed E-state index contributed by atoms with van der Waals surface area (Å²) in [5, 5.41) is 3.99. The van der Waals surface area contributed by atoms with Crippen molar-refractivity contribution in [3.8, 4) is 22.4 Å². The molecule has 1 aliphatic rings. The van der Waals surface area contributed by atoms with E-state index in [1.54, 1.807) is 30.5 Å². The normalized spacial score (nSPS) is 14.8. The minimum absolute atomic E-state index is 0.196. The van der Waals surface area contributed by atoms with Gasteiger partial charge in [0, 0.05) is 40.4 Å². The van der Waals surface area contributed by atoms with Crippen LogP contribution in [0.1, 0.15) is 24.5 Å². The van der Waals surface area contributed by atoms with Gasteiger partial charge in [-0.15, -0.1) is 0 Å². The summed E-state index contributed by atoms with van der Waals surface area (Å²) >= 11 is 0. The number of aromatic nitrogens is 2. The Morgan fingerprint density at radius 3 is 2.39 bits per heavy atom. The van der Waals surface area contributed by atoms with Crippen molar-refractivity contribution >= 4 is 10.9 Å². The highest BCUT2D eigenvalue weighted by Crippen LogP contribution is 2.37. The summed E-state index contributed by atoms with van der Waals surface area (Å²) < 4.78 is 43.0. The van der Waals surface area contributed by atoms with E-state index < -0.39 is 17.5 Å². The molecular weight excluding hydrogens is 399 g/mol. The summed E-state index contributed by atoms with van der Waals surface area (Å²) in [4.78, 5) is 9.32. The van der Waals surface area contributed by atoms with Crippen molar-refractivity contribution in [2.24, 2.45) is 0 Å². The number of nitrogens with zero attached hydrogens (tertiary/aromatic N) is 2. The molecule has 0 radical (unpaired) electrons. The van der Waals surface area contributed by atoms with Crippen molar-refractivity contribution in [2.75, 3.05) is 13.1 Å². The van der Waals surface area contributed by atoms with Crippen LogP contribution in [0, 0.1) is 17.5 Å². The average molecular weight is 419 g/mol. The molecular formula is C25H20F3N3. The third-order valence-electron chi connectivity index (χ3n) is 5.86. The molecule has 31 heavy (non-hydrogen) atoms. The van der Waals surface area contributed by atoms with E-state index in [2.05, 4.69) is 10.3 Å². The number of rotatable bonds is 3. The number of nitrogens with one attached hydrogen (secondary N) is 1. The van der Waals surface area contributed by atoms with Crippen LogP contribution in [-0.4, -0.2) is 23.1 Å². The van der Waals surface area contributed by atoms with Crippen LogP contribution in [0.5, 0.6) is 0 Å². The predicted octanol–water partition coefficient (Wildman–Crippen LogP) is 5.85. The summed E-state index contributed by atoms with van der Waals surface area (Å²) in [6.07, 6.45) is 3.37. The lowest BCUT2D eigenvalue weighted by Gasteiger charge is -2.23.